The summed E-state index contributed by atoms with van der Waals surface area (Å²) >= 11 is 0. The van der Waals surface area contributed by atoms with Gasteiger partial charge in [0.25, 0.3) is 0 Å². The Kier molecular flexibility index (Phi) is 6.48. The monoisotopic (exact) mass is 464 g/mol. The Hall–Kier alpha value is -4.34. The number of nitrogens with one attached hydrogen (secondary N) is 1. The van der Waals surface area contributed by atoms with E-state index in [0.29, 0.717) is 45.0 Å². The Morgan fingerprint density at radius 2 is 1.76 bits per heavy atom. The second-order valence-electron chi connectivity index (χ2n) is 7.25. The third-order valence-corrected chi connectivity index (χ3v) is 5.31. The minimum Gasteiger partial charge on any atom is -0.504 e. The fourth-order valence-electron chi connectivity index (χ4n) is 3.80. The standard InChI is InChI=1S/C24H24N4O6/c1-5-34-24(30)23-16(11-21-25-12-26-28-21)27-15-10-20(33-4)19(32-3)9-14(15)22(23)13-6-7-17(29)18(8-13)31-2/h6-10,12,29H,5,11H2,1-4H3,(H,25,26,28). The van der Waals surface area contributed by atoms with Crippen molar-refractivity contribution in [2.75, 3.05) is 27.9 Å². The van der Waals surface area contributed by atoms with E-state index in [1.165, 1.54) is 33.7 Å². The molecule has 0 fully saturated rings. The number of H-pyrrole nitrogens is 1. The van der Waals surface area contributed by atoms with E-state index >= 15 is 0 Å². The lowest BCUT2D eigenvalue weighted by molar-refractivity contribution is 0.0525. The molecule has 0 unspecified atom stereocenters. The van der Waals surface area contributed by atoms with Gasteiger partial charge in [0, 0.05) is 17.0 Å². The molecule has 0 atom stereocenters. The molecule has 4 aromatic rings. The van der Waals surface area contributed by atoms with Crippen LogP contribution in [0.2, 0.25) is 0 Å². The van der Waals surface area contributed by atoms with Gasteiger partial charge in [-0.15, -0.1) is 0 Å². The first kappa shape index (κ1) is 22.8. The normalized spacial score (nSPS) is 10.8. The number of rotatable bonds is 8. The van der Waals surface area contributed by atoms with Crippen molar-refractivity contribution in [1.82, 2.24) is 20.2 Å². The lowest BCUT2D eigenvalue weighted by atomic mass is 9.92. The number of hydrogen-bond donors (Lipinski definition) is 2. The SMILES string of the molecule is CCOC(=O)c1c(Cc2ncn[nH]2)nc2cc(OC)c(OC)cc2c1-c1ccc(O)c(OC)c1. The molecule has 4 rings (SSSR count). The topological polar surface area (TPSA) is 129 Å². The summed E-state index contributed by atoms with van der Waals surface area (Å²) in [5, 5.41) is 17.5. The molecule has 10 heteroatoms. The van der Waals surface area contributed by atoms with Crippen LogP contribution in [0.5, 0.6) is 23.0 Å². The van der Waals surface area contributed by atoms with E-state index in [-0.39, 0.29) is 30.1 Å². The van der Waals surface area contributed by atoms with E-state index < -0.39 is 5.97 Å². The van der Waals surface area contributed by atoms with E-state index in [0.717, 1.165) is 0 Å². The van der Waals surface area contributed by atoms with Crippen molar-refractivity contribution >= 4 is 16.9 Å². The summed E-state index contributed by atoms with van der Waals surface area (Å²) in [6, 6.07) is 8.36. The maximum absolute atomic E-state index is 13.3. The second kappa shape index (κ2) is 9.65. The Labute approximate surface area is 195 Å². The van der Waals surface area contributed by atoms with Crippen LogP contribution in [0.15, 0.2) is 36.7 Å². The summed E-state index contributed by atoms with van der Waals surface area (Å²) in [5.41, 5.74) is 2.46. The van der Waals surface area contributed by atoms with E-state index in [4.69, 9.17) is 23.9 Å². The highest BCUT2D eigenvalue weighted by atomic mass is 16.5. The molecule has 34 heavy (non-hydrogen) atoms. The number of aromatic nitrogens is 4. The molecule has 2 aromatic carbocycles. The number of aromatic hydroxyl groups is 1. The maximum Gasteiger partial charge on any atom is 0.340 e. The van der Waals surface area contributed by atoms with Crippen LogP contribution >= 0.6 is 0 Å². The number of ether oxygens (including phenoxy) is 4. The number of benzene rings is 2. The molecule has 2 aromatic heterocycles. The third-order valence-electron chi connectivity index (χ3n) is 5.31. The zero-order valence-electron chi connectivity index (χ0n) is 19.2. The summed E-state index contributed by atoms with van der Waals surface area (Å²) in [6.45, 7) is 1.92. The van der Waals surface area contributed by atoms with Crippen LogP contribution in [-0.2, 0) is 11.2 Å². The summed E-state index contributed by atoms with van der Waals surface area (Å²) in [7, 11) is 4.53. The van der Waals surface area contributed by atoms with Crippen molar-refractivity contribution in [1.29, 1.82) is 0 Å². The Balaban J connectivity index is 2.12. The van der Waals surface area contributed by atoms with E-state index in [2.05, 4.69) is 15.2 Å². The lowest BCUT2D eigenvalue weighted by Crippen LogP contribution is -2.13. The predicted molar refractivity (Wildman–Crippen MR) is 124 cm³/mol. The molecule has 176 valence electrons. The summed E-state index contributed by atoms with van der Waals surface area (Å²) in [6.07, 6.45) is 1.60. The highest BCUT2D eigenvalue weighted by molar-refractivity contribution is 6.08. The van der Waals surface area contributed by atoms with Crippen molar-refractivity contribution in [3.63, 3.8) is 0 Å². The number of nitrogens with zero attached hydrogens (tertiary/aromatic N) is 3. The average Bonchev–Trinajstić information content (AvgIpc) is 3.36. The molecule has 2 heterocycles. The molecule has 0 amide bonds. The highest BCUT2D eigenvalue weighted by Gasteiger charge is 2.26. The van der Waals surface area contributed by atoms with Crippen molar-refractivity contribution < 1.29 is 28.8 Å². The van der Waals surface area contributed by atoms with Gasteiger partial charge >= 0.3 is 5.97 Å². The van der Waals surface area contributed by atoms with Crippen LogP contribution in [0.4, 0.5) is 0 Å². The number of esters is 1. The fourth-order valence-corrected chi connectivity index (χ4v) is 3.80. The van der Waals surface area contributed by atoms with Crippen molar-refractivity contribution in [3.8, 4) is 34.1 Å². The van der Waals surface area contributed by atoms with Crippen LogP contribution in [-0.4, -0.2) is 59.2 Å². The molecular formula is C24H24N4O6. The second-order valence-corrected chi connectivity index (χ2v) is 7.25. The molecule has 0 bridgehead atoms. The number of pyridine rings is 1. The van der Waals surface area contributed by atoms with Gasteiger partial charge in [0.15, 0.2) is 23.0 Å². The minimum absolute atomic E-state index is 0.0246. The average molecular weight is 464 g/mol. The number of methoxy groups -OCH3 is 3. The quantitative estimate of drug-likeness (QED) is 0.376. The minimum atomic E-state index is -0.539. The molecule has 0 saturated heterocycles. The van der Waals surface area contributed by atoms with Crippen molar-refractivity contribution in [2.45, 2.75) is 13.3 Å². The molecule has 2 N–H and O–H groups in total. The highest BCUT2D eigenvalue weighted by Crippen LogP contribution is 2.41. The number of fused-ring (bicyclic) bond motifs is 1. The zero-order chi connectivity index (χ0) is 24.2. The van der Waals surface area contributed by atoms with E-state index in [1.54, 1.807) is 31.2 Å². The maximum atomic E-state index is 13.3. The fraction of sp³-hybridized carbons (Fsp3) is 0.250. The summed E-state index contributed by atoms with van der Waals surface area (Å²) in [5.74, 6) is 1.20. The number of hydrogen-bond acceptors (Lipinski definition) is 9. The van der Waals surface area contributed by atoms with Gasteiger partial charge in [-0.3, -0.25) is 10.1 Å². The molecule has 0 aliphatic rings. The Bertz CT molecular complexity index is 1340. The number of aromatic amines is 1. The molecule has 0 aliphatic carbocycles. The van der Waals surface area contributed by atoms with Crippen LogP contribution in [0.25, 0.3) is 22.0 Å². The van der Waals surface area contributed by atoms with Crippen LogP contribution in [0.1, 0.15) is 28.8 Å². The van der Waals surface area contributed by atoms with E-state index in [9.17, 15) is 9.90 Å². The third kappa shape index (κ3) is 4.17. The van der Waals surface area contributed by atoms with Crippen LogP contribution in [0, 0.1) is 0 Å². The largest absolute Gasteiger partial charge is 0.504 e. The number of phenolic OH excluding ortho intramolecular Hbond substituents is 1. The van der Waals surface area contributed by atoms with Crippen LogP contribution in [0.3, 0.4) is 0 Å². The first-order chi connectivity index (χ1) is 16.5. The Morgan fingerprint density at radius 1 is 1.03 bits per heavy atom. The van der Waals surface area contributed by atoms with Crippen molar-refractivity contribution in [2.24, 2.45) is 0 Å². The molecule has 0 aliphatic heterocycles. The number of carbonyl (C=O) groups is 1. The predicted octanol–water partition coefficient (Wildman–Crippen LogP) is 3.52. The first-order valence-corrected chi connectivity index (χ1v) is 10.5. The first-order valence-electron chi connectivity index (χ1n) is 10.5. The molecule has 0 spiro atoms. The molecule has 10 nitrogen and oxygen atoms in total. The van der Waals surface area contributed by atoms with Gasteiger partial charge in [0.05, 0.1) is 51.1 Å². The number of carbonyl (C=O) groups excluding carboxylic acids is 1. The molecule has 0 radical (unpaired) electrons. The van der Waals surface area contributed by atoms with Gasteiger partial charge in [0.2, 0.25) is 0 Å². The molecule has 0 saturated carbocycles. The van der Waals surface area contributed by atoms with Gasteiger partial charge in [-0.05, 0) is 30.7 Å². The van der Waals surface area contributed by atoms with Gasteiger partial charge < -0.3 is 24.1 Å². The zero-order valence-corrected chi connectivity index (χ0v) is 19.2. The summed E-state index contributed by atoms with van der Waals surface area (Å²) in [4.78, 5) is 22.2. The van der Waals surface area contributed by atoms with Gasteiger partial charge in [-0.1, -0.05) is 6.07 Å². The van der Waals surface area contributed by atoms with Crippen LogP contribution < -0.4 is 14.2 Å². The molecular weight excluding hydrogens is 440 g/mol. The summed E-state index contributed by atoms with van der Waals surface area (Å²) < 4.78 is 21.7. The van der Waals surface area contributed by atoms with E-state index in [1.807, 2.05) is 0 Å². The number of phenols is 1. The van der Waals surface area contributed by atoms with Gasteiger partial charge in [0.1, 0.15) is 12.2 Å². The van der Waals surface area contributed by atoms with Crippen molar-refractivity contribution in [3.05, 3.63) is 53.7 Å². The van der Waals surface area contributed by atoms with Gasteiger partial charge in [-0.25, -0.2) is 9.78 Å². The Morgan fingerprint density at radius 3 is 2.41 bits per heavy atom. The van der Waals surface area contributed by atoms with Gasteiger partial charge in [-0.2, -0.15) is 5.10 Å². The lowest BCUT2D eigenvalue weighted by Gasteiger charge is -2.18. The smallest absolute Gasteiger partial charge is 0.340 e.